The molecule has 1 aliphatic heterocycles. The lowest BCUT2D eigenvalue weighted by Crippen LogP contribution is -2.35. The van der Waals surface area contributed by atoms with Crippen LogP contribution >= 0.6 is 0 Å². The number of rotatable bonds is 6. The van der Waals surface area contributed by atoms with Crippen LogP contribution < -0.4 is 5.32 Å². The molecule has 0 aliphatic carbocycles. The number of nitrogens with zero attached hydrogens (tertiary/aromatic N) is 2. The summed E-state index contributed by atoms with van der Waals surface area (Å²) in [4.78, 5) is 24.1. The van der Waals surface area contributed by atoms with Crippen LogP contribution in [0.25, 0.3) is 0 Å². The summed E-state index contributed by atoms with van der Waals surface area (Å²) in [5.41, 5.74) is 0.748. The first-order valence-electron chi connectivity index (χ1n) is 6.79. The second-order valence-corrected chi connectivity index (χ2v) is 5.24. The number of non-ortho nitro benzene ring substituents is 1. The maximum absolute atomic E-state index is 12.0. The van der Waals surface area contributed by atoms with Gasteiger partial charge >= 0.3 is 0 Å². The van der Waals surface area contributed by atoms with E-state index < -0.39 is 4.92 Å². The lowest BCUT2D eigenvalue weighted by molar-refractivity contribution is -0.385. The zero-order valence-electron chi connectivity index (χ0n) is 12.1. The number of benzene rings is 1. The van der Waals surface area contributed by atoms with E-state index in [4.69, 9.17) is 4.74 Å². The maximum Gasteiger partial charge on any atom is 0.269 e. The molecule has 0 spiro atoms. The molecule has 1 N–H and O–H groups in total. The summed E-state index contributed by atoms with van der Waals surface area (Å²) < 4.78 is 5.09. The first kappa shape index (κ1) is 15.4. The first-order valence-corrected chi connectivity index (χ1v) is 6.79. The third kappa shape index (κ3) is 3.56. The van der Waals surface area contributed by atoms with E-state index in [1.807, 2.05) is 6.92 Å². The topological polar surface area (TPSA) is 84.7 Å². The van der Waals surface area contributed by atoms with Crippen LogP contribution in [0.1, 0.15) is 18.7 Å². The van der Waals surface area contributed by atoms with Gasteiger partial charge in [0.2, 0.25) is 5.91 Å². The molecule has 0 bridgehead atoms. The molecule has 0 saturated carbocycles. The number of nitrogens with one attached hydrogen (secondary N) is 1. The summed E-state index contributed by atoms with van der Waals surface area (Å²) in [6.45, 7) is 3.35. The fourth-order valence-electron chi connectivity index (χ4n) is 2.53. The molecule has 2 unspecified atom stereocenters. The van der Waals surface area contributed by atoms with Crippen LogP contribution in [0.3, 0.4) is 0 Å². The summed E-state index contributed by atoms with van der Waals surface area (Å²) in [5, 5.41) is 14.0. The van der Waals surface area contributed by atoms with Gasteiger partial charge in [-0.25, -0.2) is 0 Å². The van der Waals surface area contributed by atoms with Crippen molar-refractivity contribution in [2.45, 2.75) is 13.1 Å². The number of carbonyl (C=O) groups excluding carboxylic acids is 1. The first-order chi connectivity index (χ1) is 10.0. The van der Waals surface area contributed by atoms with E-state index in [1.54, 1.807) is 24.1 Å². The zero-order chi connectivity index (χ0) is 15.4. The Kier molecular flexibility index (Phi) is 4.87. The molecule has 1 aliphatic rings. The number of nitro groups is 1. The number of methoxy groups -OCH3 is 1. The molecule has 2 rings (SSSR count). The molecule has 1 amide bonds. The largest absolute Gasteiger partial charge is 0.384 e. The van der Waals surface area contributed by atoms with Crippen LogP contribution in [0.15, 0.2) is 24.3 Å². The highest BCUT2D eigenvalue weighted by atomic mass is 16.6. The van der Waals surface area contributed by atoms with Crippen molar-refractivity contribution in [1.29, 1.82) is 0 Å². The summed E-state index contributed by atoms with van der Waals surface area (Å²) in [6.07, 6.45) is -0.322. The molecule has 1 aromatic rings. The average molecular weight is 293 g/mol. The third-order valence-electron chi connectivity index (χ3n) is 3.43. The van der Waals surface area contributed by atoms with Crippen LogP contribution in [-0.2, 0) is 9.53 Å². The normalized spacial score (nSPS) is 19.8. The van der Waals surface area contributed by atoms with Crippen LogP contribution in [0.2, 0.25) is 0 Å². The van der Waals surface area contributed by atoms with Crippen LogP contribution in [0.4, 0.5) is 5.69 Å². The van der Waals surface area contributed by atoms with E-state index in [0.717, 1.165) is 5.56 Å². The fraction of sp³-hybridized carbons (Fsp3) is 0.500. The van der Waals surface area contributed by atoms with Gasteiger partial charge in [0.25, 0.3) is 5.69 Å². The van der Waals surface area contributed by atoms with Gasteiger partial charge in [0.15, 0.2) is 0 Å². The molecule has 21 heavy (non-hydrogen) atoms. The van der Waals surface area contributed by atoms with Crippen molar-refractivity contribution in [1.82, 2.24) is 10.2 Å². The fourth-order valence-corrected chi connectivity index (χ4v) is 2.53. The molecule has 1 heterocycles. The number of hydrogen-bond acceptors (Lipinski definition) is 5. The highest BCUT2D eigenvalue weighted by Crippen LogP contribution is 2.26. The predicted molar refractivity (Wildman–Crippen MR) is 76.6 cm³/mol. The van der Waals surface area contributed by atoms with Crippen molar-refractivity contribution in [3.05, 3.63) is 39.9 Å². The lowest BCUT2D eigenvalue weighted by Gasteiger charge is -2.27. The van der Waals surface area contributed by atoms with Crippen molar-refractivity contribution >= 4 is 11.6 Å². The highest BCUT2D eigenvalue weighted by molar-refractivity contribution is 5.81. The number of amides is 1. The van der Waals surface area contributed by atoms with E-state index in [-0.39, 0.29) is 30.2 Å². The SMILES string of the molecule is COCC(C)CN1C(=O)CNC1c1cccc([N+](=O)[O-])c1. The molecule has 1 fully saturated rings. The molecule has 7 heteroatoms. The number of ether oxygens (including phenoxy) is 1. The van der Waals surface area contributed by atoms with Gasteiger partial charge in [-0.15, -0.1) is 0 Å². The Bertz CT molecular complexity index is 535. The van der Waals surface area contributed by atoms with Crippen molar-refractivity contribution < 1.29 is 14.5 Å². The Labute approximate surface area is 123 Å². The number of nitro benzene ring substituents is 1. The number of hydrogen-bond donors (Lipinski definition) is 1. The Balaban J connectivity index is 2.19. The summed E-state index contributed by atoms with van der Waals surface area (Å²) in [5.74, 6) is 0.189. The molecule has 0 radical (unpaired) electrons. The van der Waals surface area contributed by atoms with Gasteiger partial charge in [-0.3, -0.25) is 20.2 Å². The van der Waals surface area contributed by atoms with Crippen LogP contribution in [-0.4, -0.2) is 42.5 Å². The number of carbonyl (C=O) groups is 1. The van der Waals surface area contributed by atoms with E-state index in [9.17, 15) is 14.9 Å². The van der Waals surface area contributed by atoms with Gasteiger partial charge in [0.05, 0.1) is 18.1 Å². The molecule has 0 aromatic heterocycles. The van der Waals surface area contributed by atoms with Crippen molar-refractivity contribution in [2.24, 2.45) is 5.92 Å². The molecule has 1 aromatic carbocycles. The van der Waals surface area contributed by atoms with Crippen molar-refractivity contribution in [3.8, 4) is 0 Å². The van der Waals surface area contributed by atoms with E-state index in [2.05, 4.69) is 5.32 Å². The zero-order valence-corrected chi connectivity index (χ0v) is 12.1. The van der Waals surface area contributed by atoms with Crippen LogP contribution in [0.5, 0.6) is 0 Å². The monoisotopic (exact) mass is 293 g/mol. The Morgan fingerprint density at radius 3 is 3.00 bits per heavy atom. The van der Waals surface area contributed by atoms with Gasteiger partial charge in [-0.2, -0.15) is 0 Å². The van der Waals surface area contributed by atoms with Crippen molar-refractivity contribution in [2.75, 3.05) is 26.8 Å². The van der Waals surface area contributed by atoms with Gasteiger partial charge in [-0.1, -0.05) is 19.1 Å². The minimum Gasteiger partial charge on any atom is -0.384 e. The molecule has 1 saturated heterocycles. The third-order valence-corrected chi connectivity index (χ3v) is 3.43. The van der Waals surface area contributed by atoms with E-state index in [1.165, 1.54) is 12.1 Å². The van der Waals surface area contributed by atoms with Gasteiger partial charge < -0.3 is 9.64 Å². The maximum atomic E-state index is 12.0. The van der Waals surface area contributed by atoms with Gasteiger partial charge in [0, 0.05) is 25.8 Å². The van der Waals surface area contributed by atoms with E-state index in [0.29, 0.717) is 13.2 Å². The Hall–Kier alpha value is -1.99. The summed E-state index contributed by atoms with van der Waals surface area (Å²) in [7, 11) is 1.62. The Morgan fingerprint density at radius 1 is 1.57 bits per heavy atom. The molecular formula is C14H19N3O4. The molecule has 7 nitrogen and oxygen atoms in total. The summed E-state index contributed by atoms with van der Waals surface area (Å²) in [6, 6.07) is 6.37. The molecule has 114 valence electrons. The van der Waals surface area contributed by atoms with Crippen LogP contribution in [0, 0.1) is 16.0 Å². The lowest BCUT2D eigenvalue weighted by atomic mass is 10.1. The smallest absolute Gasteiger partial charge is 0.269 e. The Morgan fingerprint density at radius 2 is 2.33 bits per heavy atom. The minimum atomic E-state index is -0.432. The standard InChI is InChI=1S/C14H19N3O4/c1-10(9-21-2)8-16-13(18)7-15-14(16)11-4-3-5-12(6-11)17(19)20/h3-6,10,14-15H,7-9H2,1-2H3. The molecule has 2 atom stereocenters. The highest BCUT2D eigenvalue weighted by Gasteiger charge is 2.32. The van der Waals surface area contributed by atoms with Gasteiger partial charge in [0.1, 0.15) is 6.17 Å². The summed E-state index contributed by atoms with van der Waals surface area (Å²) >= 11 is 0. The van der Waals surface area contributed by atoms with Gasteiger partial charge in [-0.05, 0) is 11.5 Å². The average Bonchev–Trinajstić information content (AvgIpc) is 2.81. The second kappa shape index (κ2) is 6.64. The van der Waals surface area contributed by atoms with Crippen molar-refractivity contribution in [3.63, 3.8) is 0 Å². The predicted octanol–water partition coefficient (Wildman–Crippen LogP) is 1.31. The van der Waals surface area contributed by atoms with E-state index >= 15 is 0 Å². The minimum absolute atomic E-state index is 0.00513. The molecular weight excluding hydrogens is 274 g/mol. The quantitative estimate of drug-likeness (QED) is 0.631. The second-order valence-electron chi connectivity index (χ2n) is 5.24.